The second-order valence-corrected chi connectivity index (χ2v) is 4.50. The summed E-state index contributed by atoms with van der Waals surface area (Å²) in [4.78, 5) is 8.51. The molecular formula is C12H12Cl2N4. The summed E-state index contributed by atoms with van der Waals surface area (Å²) in [6.07, 6.45) is 0. The van der Waals surface area contributed by atoms with Crippen molar-refractivity contribution in [1.29, 1.82) is 0 Å². The first-order valence-electron chi connectivity index (χ1n) is 5.34. The predicted octanol–water partition coefficient (Wildman–Crippen LogP) is 3.88. The smallest absolute Gasteiger partial charge is 0.136 e. The molecular weight excluding hydrogens is 271 g/mol. The molecule has 1 heterocycles. The number of benzene rings is 1. The summed E-state index contributed by atoms with van der Waals surface area (Å²) in [5.74, 6) is 2.14. The number of anilines is 3. The molecule has 0 aliphatic rings. The maximum atomic E-state index is 5.95. The Bertz CT molecular complexity index is 572. The van der Waals surface area contributed by atoms with Crippen LogP contribution in [-0.2, 0) is 0 Å². The molecule has 4 nitrogen and oxygen atoms in total. The minimum Gasteiger partial charge on any atom is -0.373 e. The van der Waals surface area contributed by atoms with E-state index in [-0.39, 0.29) is 0 Å². The SMILES string of the molecule is CNc1cc(Nc2ccc(Cl)c(Cl)c2)nc(C)n1. The Morgan fingerprint density at radius 3 is 2.39 bits per heavy atom. The normalized spacial score (nSPS) is 10.2. The lowest BCUT2D eigenvalue weighted by molar-refractivity contribution is 1.06. The molecule has 0 unspecified atom stereocenters. The molecule has 1 aromatic heterocycles. The molecule has 0 spiro atoms. The summed E-state index contributed by atoms with van der Waals surface area (Å²) in [6.45, 7) is 1.83. The fourth-order valence-corrected chi connectivity index (χ4v) is 1.78. The number of hydrogen-bond acceptors (Lipinski definition) is 4. The predicted molar refractivity (Wildman–Crippen MR) is 76.1 cm³/mol. The summed E-state index contributed by atoms with van der Waals surface area (Å²) < 4.78 is 0. The minimum atomic E-state index is 0.501. The van der Waals surface area contributed by atoms with E-state index in [9.17, 15) is 0 Å². The van der Waals surface area contributed by atoms with Crippen LogP contribution in [0.2, 0.25) is 10.0 Å². The molecule has 0 saturated carbocycles. The highest BCUT2D eigenvalue weighted by molar-refractivity contribution is 6.42. The lowest BCUT2D eigenvalue weighted by Crippen LogP contribution is -2.01. The van der Waals surface area contributed by atoms with Gasteiger partial charge in [0, 0.05) is 18.8 Å². The number of nitrogens with zero attached hydrogens (tertiary/aromatic N) is 2. The van der Waals surface area contributed by atoms with Crippen LogP contribution in [0.15, 0.2) is 24.3 Å². The van der Waals surface area contributed by atoms with Crippen LogP contribution in [0.3, 0.4) is 0 Å². The molecule has 0 fully saturated rings. The largest absolute Gasteiger partial charge is 0.373 e. The Morgan fingerprint density at radius 1 is 1.00 bits per heavy atom. The monoisotopic (exact) mass is 282 g/mol. The first-order valence-corrected chi connectivity index (χ1v) is 6.09. The average molecular weight is 283 g/mol. The molecule has 94 valence electrons. The number of halogens is 2. The number of rotatable bonds is 3. The first-order chi connectivity index (χ1) is 8.58. The molecule has 2 rings (SSSR count). The third-order valence-corrected chi connectivity index (χ3v) is 3.03. The maximum absolute atomic E-state index is 5.95. The highest BCUT2D eigenvalue weighted by atomic mass is 35.5. The van der Waals surface area contributed by atoms with Gasteiger partial charge in [-0.1, -0.05) is 23.2 Å². The van der Waals surface area contributed by atoms with Crippen LogP contribution in [0.25, 0.3) is 0 Å². The van der Waals surface area contributed by atoms with Crippen molar-refractivity contribution in [3.63, 3.8) is 0 Å². The molecule has 0 radical (unpaired) electrons. The fourth-order valence-electron chi connectivity index (χ4n) is 1.48. The number of hydrogen-bond donors (Lipinski definition) is 2. The van der Waals surface area contributed by atoms with Gasteiger partial charge in [-0.3, -0.25) is 0 Å². The Hall–Kier alpha value is -1.52. The van der Waals surface area contributed by atoms with Gasteiger partial charge in [-0.25, -0.2) is 9.97 Å². The van der Waals surface area contributed by atoms with Gasteiger partial charge in [0.25, 0.3) is 0 Å². The lowest BCUT2D eigenvalue weighted by atomic mass is 10.3. The van der Waals surface area contributed by atoms with Gasteiger partial charge in [-0.2, -0.15) is 0 Å². The van der Waals surface area contributed by atoms with E-state index in [2.05, 4.69) is 20.6 Å². The molecule has 1 aromatic carbocycles. The molecule has 0 saturated heterocycles. The third kappa shape index (κ3) is 3.03. The van der Waals surface area contributed by atoms with Gasteiger partial charge in [0.05, 0.1) is 10.0 Å². The van der Waals surface area contributed by atoms with Crippen molar-refractivity contribution >= 4 is 40.5 Å². The summed E-state index contributed by atoms with van der Waals surface area (Å²) in [5, 5.41) is 7.16. The van der Waals surface area contributed by atoms with Crippen molar-refractivity contribution in [1.82, 2.24) is 9.97 Å². The lowest BCUT2D eigenvalue weighted by Gasteiger charge is -2.09. The molecule has 0 aliphatic heterocycles. The van der Waals surface area contributed by atoms with Crippen molar-refractivity contribution in [2.24, 2.45) is 0 Å². The van der Waals surface area contributed by atoms with E-state index in [1.165, 1.54) is 0 Å². The summed E-state index contributed by atoms with van der Waals surface area (Å²) >= 11 is 11.8. The second kappa shape index (κ2) is 5.42. The standard InChI is InChI=1S/C12H12Cl2N4/c1-7-16-11(15-2)6-12(17-7)18-8-3-4-9(13)10(14)5-8/h3-6H,1-2H3,(H2,15,16,17,18). The van der Waals surface area contributed by atoms with E-state index >= 15 is 0 Å². The van der Waals surface area contributed by atoms with Crippen LogP contribution in [0.4, 0.5) is 17.3 Å². The molecule has 6 heteroatoms. The number of nitrogens with one attached hydrogen (secondary N) is 2. The van der Waals surface area contributed by atoms with Crippen molar-refractivity contribution in [3.05, 3.63) is 40.1 Å². The Labute approximate surface area is 115 Å². The van der Waals surface area contributed by atoms with Crippen LogP contribution < -0.4 is 10.6 Å². The topological polar surface area (TPSA) is 49.8 Å². The van der Waals surface area contributed by atoms with Crippen molar-refractivity contribution in [3.8, 4) is 0 Å². The minimum absolute atomic E-state index is 0.501. The summed E-state index contributed by atoms with van der Waals surface area (Å²) in [7, 11) is 1.81. The van der Waals surface area contributed by atoms with Crippen molar-refractivity contribution in [2.75, 3.05) is 17.7 Å². The third-order valence-electron chi connectivity index (χ3n) is 2.29. The van der Waals surface area contributed by atoms with Gasteiger partial charge in [0.2, 0.25) is 0 Å². The fraction of sp³-hybridized carbons (Fsp3) is 0.167. The molecule has 0 aliphatic carbocycles. The van der Waals surface area contributed by atoms with Gasteiger partial charge in [0.1, 0.15) is 17.5 Å². The Kier molecular flexibility index (Phi) is 3.89. The van der Waals surface area contributed by atoms with Crippen LogP contribution >= 0.6 is 23.2 Å². The quantitative estimate of drug-likeness (QED) is 0.897. The zero-order chi connectivity index (χ0) is 13.1. The molecule has 0 amide bonds. The van der Waals surface area contributed by atoms with Crippen molar-refractivity contribution in [2.45, 2.75) is 6.92 Å². The zero-order valence-corrected chi connectivity index (χ0v) is 11.5. The van der Waals surface area contributed by atoms with E-state index in [1.54, 1.807) is 12.1 Å². The highest BCUT2D eigenvalue weighted by Gasteiger charge is 2.03. The maximum Gasteiger partial charge on any atom is 0.136 e. The Balaban J connectivity index is 2.27. The highest BCUT2D eigenvalue weighted by Crippen LogP contribution is 2.26. The molecule has 2 aromatic rings. The van der Waals surface area contributed by atoms with Gasteiger partial charge in [-0.05, 0) is 25.1 Å². The summed E-state index contributed by atoms with van der Waals surface area (Å²) in [6, 6.07) is 7.14. The van der Waals surface area contributed by atoms with Crippen LogP contribution in [0.1, 0.15) is 5.82 Å². The van der Waals surface area contributed by atoms with E-state index in [0.717, 1.165) is 11.5 Å². The van der Waals surface area contributed by atoms with Gasteiger partial charge in [0.15, 0.2) is 0 Å². The van der Waals surface area contributed by atoms with E-state index in [4.69, 9.17) is 23.2 Å². The van der Waals surface area contributed by atoms with Crippen LogP contribution in [-0.4, -0.2) is 17.0 Å². The molecule has 0 atom stereocenters. The summed E-state index contributed by atoms with van der Waals surface area (Å²) in [5.41, 5.74) is 0.824. The molecule has 18 heavy (non-hydrogen) atoms. The van der Waals surface area contributed by atoms with Gasteiger partial charge in [-0.15, -0.1) is 0 Å². The van der Waals surface area contributed by atoms with Crippen LogP contribution in [0.5, 0.6) is 0 Å². The van der Waals surface area contributed by atoms with E-state index in [0.29, 0.717) is 21.7 Å². The second-order valence-electron chi connectivity index (χ2n) is 3.69. The number of aryl methyl sites for hydroxylation is 1. The molecule has 0 bridgehead atoms. The molecule has 2 N–H and O–H groups in total. The Morgan fingerprint density at radius 2 is 1.72 bits per heavy atom. The van der Waals surface area contributed by atoms with Crippen LogP contribution in [0, 0.1) is 6.92 Å². The first kappa shape index (κ1) is 12.9. The van der Waals surface area contributed by atoms with E-state index in [1.807, 2.05) is 26.1 Å². The van der Waals surface area contributed by atoms with Gasteiger partial charge < -0.3 is 10.6 Å². The average Bonchev–Trinajstić information content (AvgIpc) is 2.33. The van der Waals surface area contributed by atoms with E-state index < -0.39 is 0 Å². The number of aromatic nitrogens is 2. The van der Waals surface area contributed by atoms with Crippen molar-refractivity contribution < 1.29 is 0 Å². The van der Waals surface area contributed by atoms with Gasteiger partial charge >= 0.3 is 0 Å². The zero-order valence-electron chi connectivity index (χ0n) is 9.96.